The van der Waals surface area contributed by atoms with Crippen LogP contribution in [0.4, 0.5) is 4.79 Å². The summed E-state index contributed by atoms with van der Waals surface area (Å²) in [6.07, 6.45) is 0.968. The lowest BCUT2D eigenvalue weighted by Crippen LogP contribution is -2.58. The molecule has 3 heterocycles. The molecule has 254 valence electrons. The molecule has 1 aromatic carbocycles. The largest absolute Gasteiger partial charge is 0.514 e. The van der Waals surface area contributed by atoms with Crippen LogP contribution in [0.1, 0.15) is 54.3 Å². The lowest BCUT2D eigenvalue weighted by Gasteiger charge is -2.52. The molecule has 2 fully saturated rings. The van der Waals surface area contributed by atoms with E-state index in [0.29, 0.717) is 19.4 Å². The highest BCUT2D eigenvalue weighted by Gasteiger charge is 2.54. The number of aromatic amines is 1. The Morgan fingerprint density at radius 1 is 1.06 bits per heavy atom. The van der Waals surface area contributed by atoms with E-state index < -0.39 is 36.2 Å². The average Bonchev–Trinajstić information content (AvgIpc) is 3.37. The van der Waals surface area contributed by atoms with Crippen LogP contribution in [0, 0.1) is 17.8 Å². The summed E-state index contributed by atoms with van der Waals surface area (Å²) >= 11 is 0. The molecule has 6 unspecified atom stereocenters. The summed E-state index contributed by atoms with van der Waals surface area (Å²) in [5.41, 5.74) is 2.22. The number of hydrogen-bond donors (Lipinski definition) is 1. The van der Waals surface area contributed by atoms with E-state index in [9.17, 15) is 19.2 Å². The Morgan fingerprint density at radius 3 is 2.36 bits per heavy atom. The summed E-state index contributed by atoms with van der Waals surface area (Å²) < 4.78 is 38.2. The molecule has 1 aromatic heterocycles. The molecule has 1 N–H and O–H groups in total. The highest BCUT2D eigenvalue weighted by Crippen LogP contribution is 2.49. The first-order valence-electron chi connectivity index (χ1n) is 15.6. The Balaban J connectivity index is 1.43. The normalized spacial score (nSPS) is 25.4. The van der Waals surface area contributed by atoms with Crippen LogP contribution in [-0.2, 0) is 35.0 Å². The van der Waals surface area contributed by atoms with Crippen molar-refractivity contribution < 1.29 is 52.3 Å². The van der Waals surface area contributed by atoms with E-state index in [2.05, 4.69) is 16.5 Å². The summed E-state index contributed by atoms with van der Waals surface area (Å²) in [7, 11) is 5.56. The fraction of sp³-hybridized carbons (Fsp3) is 0.529. The molecule has 13 heteroatoms. The molecule has 47 heavy (non-hydrogen) atoms. The number of ether oxygens (including phenoxy) is 7. The van der Waals surface area contributed by atoms with E-state index in [1.807, 2.05) is 0 Å². The van der Waals surface area contributed by atoms with E-state index in [1.54, 1.807) is 13.0 Å². The van der Waals surface area contributed by atoms with Gasteiger partial charge in [0.25, 0.3) is 0 Å². The van der Waals surface area contributed by atoms with Gasteiger partial charge in [-0.15, -0.1) is 0 Å². The second kappa shape index (κ2) is 14.2. The third kappa shape index (κ3) is 6.59. The van der Waals surface area contributed by atoms with Gasteiger partial charge in [-0.3, -0.25) is 14.5 Å². The molecule has 2 aliphatic heterocycles. The number of benzene rings is 1. The van der Waals surface area contributed by atoms with Crippen LogP contribution < -0.4 is 24.8 Å². The molecular formula is C34H42N2O11. The SMILES string of the molecule is C=c1c2c([nH]/c1=C/C(C)=O)C1CC3C(CC(OC(=O)c4cc(OC)c(OC(=O)OCC)c(OC)c4)C(OC)C3C(=O)OC)CN1CC2. The predicted octanol–water partition coefficient (Wildman–Crippen LogP) is 2.32. The number of nitrogens with one attached hydrogen (secondary N) is 1. The van der Waals surface area contributed by atoms with Crippen molar-refractivity contribution in [3.8, 4) is 17.2 Å². The average molecular weight is 655 g/mol. The van der Waals surface area contributed by atoms with Gasteiger partial charge in [0.1, 0.15) is 12.2 Å². The number of methoxy groups -OCH3 is 4. The highest BCUT2D eigenvalue weighted by molar-refractivity contribution is 6.03. The van der Waals surface area contributed by atoms with Gasteiger partial charge in [0.2, 0.25) is 5.75 Å². The number of carbonyl (C=O) groups is 4. The van der Waals surface area contributed by atoms with Crippen LogP contribution in [-0.4, -0.2) is 94.1 Å². The molecule has 1 saturated heterocycles. The Kier molecular flexibility index (Phi) is 10.3. The fourth-order valence-electron chi connectivity index (χ4n) is 7.47. The molecule has 5 rings (SSSR count). The van der Waals surface area contributed by atoms with Gasteiger partial charge >= 0.3 is 18.1 Å². The zero-order chi connectivity index (χ0) is 34.0. The first-order valence-corrected chi connectivity index (χ1v) is 15.6. The van der Waals surface area contributed by atoms with Gasteiger partial charge in [0, 0.05) is 37.3 Å². The monoisotopic (exact) mass is 654 g/mol. The topological polar surface area (TPSA) is 152 Å². The molecule has 6 atom stereocenters. The molecule has 0 bridgehead atoms. The number of ketones is 1. The van der Waals surface area contributed by atoms with Crippen molar-refractivity contribution in [2.75, 3.05) is 48.1 Å². The van der Waals surface area contributed by atoms with Crippen LogP contribution >= 0.6 is 0 Å². The molecule has 0 radical (unpaired) electrons. The first-order chi connectivity index (χ1) is 22.5. The number of rotatable bonds is 9. The summed E-state index contributed by atoms with van der Waals surface area (Å²) in [6.45, 7) is 8.96. The zero-order valence-electron chi connectivity index (χ0n) is 27.6. The van der Waals surface area contributed by atoms with Gasteiger partial charge in [-0.2, -0.15) is 0 Å². The number of piperidine rings is 1. The van der Waals surface area contributed by atoms with Crippen molar-refractivity contribution >= 4 is 36.5 Å². The molecule has 13 nitrogen and oxygen atoms in total. The Labute approximate surface area is 272 Å². The van der Waals surface area contributed by atoms with Gasteiger partial charge in [-0.1, -0.05) is 6.58 Å². The van der Waals surface area contributed by atoms with Crippen molar-refractivity contribution in [1.82, 2.24) is 9.88 Å². The third-order valence-corrected chi connectivity index (χ3v) is 9.49. The number of Topliss-reactive ketones (excluding diaryl/α,β-unsaturated/α-hetero) is 1. The van der Waals surface area contributed by atoms with Gasteiger partial charge in [-0.25, -0.2) is 9.59 Å². The summed E-state index contributed by atoms with van der Waals surface area (Å²) in [5.74, 6) is -1.94. The van der Waals surface area contributed by atoms with Gasteiger partial charge in [0.15, 0.2) is 17.3 Å². The lowest BCUT2D eigenvalue weighted by molar-refractivity contribution is -0.176. The van der Waals surface area contributed by atoms with Crippen LogP contribution in [0.15, 0.2) is 12.1 Å². The molecule has 3 aliphatic rings. The van der Waals surface area contributed by atoms with Crippen molar-refractivity contribution in [3.05, 3.63) is 39.5 Å². The number of carbonyl (C=O) groups excluding carboxylic acids is 4. The number of nitrogens with zero attached hydrogens (tertiary/aromatic N) is 1. The summed E-state index contributed by atoms with van der Waals surface area (Å²) in [4.78, 5) is 56.8. The lowest BCUT2D eigenvalue weighted by atomic mass is 9.64. The number of fused-ring (bicyclic) bond motifs is 4. The smallest absolute Gasteiger partial charge is 0.493 e. The maximum atomic E-state index is 13.6. The molecular weight excluding hydrogens is 612 g/mol. The second-order valence-corrected chi connectivity index (χ2v) is 12.0. The predicted molar refractivity (Wildman–Crippen MR) is 168 cm³/mol. The highest BCUT2D eigenvalue weighted by atomic mass is 16.7. The molecule has 1 saturated carbocycles. The molecule has 0 spiro atoms. The van der Waals surface area contributed by atoms with E-state index in [4.69, 9.17) is 33.2 Å². The minimum atomic E-state index is -0.953. The van der Waals surface area contributed by atoms with Crippen LogP contribution in [0.25, 0.3) is 12.7 Å². The Hall–Kier alpha value is -4.36. The number of aromatic nitrogens is 1. The summed E-state index contributed by atoms with van der Waals surface area (Å²) in [6, 6.07) is 2.76. The Bertz CT molecular complexity index is 1620. The van der Waals surface area contributed by atoms with Crippen molar-refractivity contribution in [2.24, 2.45) is 17.8 Å². The third-order valence-electron chi connectivity index (χ3n) is 9.49. The maximum Gasteiger partial charge on any atom is 0.514 e. The van der Waals surface area contributed by atoms with Gasteiger partial charge < -0.3 is 38.1 Å². The number of H-pyrrole nitrogens is 1. The van der Waals surface area contributed by atoms with Gasteiger partial charge in [0.05, 0.1) is 45.5 Å². The second-order valence-electron chi connectivity index (χ2n) is 12.0. The quantitative estimate of drug-likeness (QED) is 0.240. The summed E-state index contributed by atoms with van der Waals surface area (Å²) in [5, 5.41) is 1.55. The first kappa shape index (κ1) is 34.0. The van der Waals surface area contributed by atoms with E-state index in [0.717, 1.165) is 34.8 Å². The van der Waals surface area contributed by atoms with Crippen molar-refractivity contribution in [2.45, 2.75) is 51.4 Å². The zero-order valence-corrected chi connectivity index (χ0v) is 27.6. The standard InChI is InChI=1S/C34H42N2O11/c1-8-45-34(40)47-30-25(41-4)12-19(13-26(30)42-5)32(38)46-27-14-20-16-36-10-9-21-18(3)23(11-17(2)37)35-29(21)24(36)15-22(20)28(31(27)43-6)33(39)44-7/h11-13,20,22,24,27-28,31,35H,3,8-10,14-16H2,1-2,4-7H3/b23-11+. The minimum absolute atomic E-state index is 0.00274. The minimum Gasteiger partial charge on any atom is -0.493 e. The van der Waals surface area contributed by atoms with Crippen molar-refractivity contribution in [1.29, 1.82) is 0 Å². The number of esters is 2. The van der Waals surface area contributed by atoms with E-state index in [-0.39, 0.29) is 53.1 Å². The molecule has 1 aliphatic carbocycles. The van der Waals surface area contributed by atoms with E-state index >= 15 is 0 Å². The fourth-order valence-corrected chi connectivity index (χ4v) is 7.47. The number of hydrogen-bond acceptors (Lipinski definition) is 12. The van der Waals surface area contributed by atoms with Crippen molar-refractivity contribution in [3.63, 3.8) is 0 Å². The van der Waals surface area contributed by atoms with Crippen LogP contribution in [0.5, 0.6) is 17.2 Å². The van der Waals surface area contributed by atoms with Crippen LogP contribution in [0.3, 0.4) is 0 Å². The maximum absolute atomic E-state index is 13.6. The van der Waals surface area contributed by atoms with Gasteiger partial charge in [-0.05, 0) is 67.9 Å². The van der Waals surface area contributed by atoms with Crippen LogP contribution in [0.2, 0.25) is 0 Å². The molecule has 0 amide bonds. The van der Waals surface area contributed by atoms with E-state index in [1.165, 1.54) is 47.5 Å². The Morgan fingerprint density at radius 2 is 1.77 bits per heavy atom. The molecule has 2 aromatic rings.